The van der Waals surface area contributed by atoms with Crippen LogP contribution >= 0.6 is 0 Å². The van der Waals surface area contributed by atoms with Crippen LogP contribution in [0.25, 0.3) is 0 Å². The molecule has 1 aliphatic rings. The van der Waals surface area contributed by atoms with Crippen molar-refractivity contribution in [3.05, 3.63) is 53.7 Å². The van der Waals surface area contributed by atoms with Crippen molar-refractivity contribution in [2.45, 2.75) is 45.4 Å². The van der Waals surface area contributed by atoms with E-state index in [2.05, 4.69) is 36.0 Å². The summed E-state index contributed by atoms with van der Waals surface area (Å²) < 4.78 is 0. The number of benzene rings is 1. The molecule has 0 saturated carbocycles. The summed E-state index contributed by atoms with van der Waals surface area (Å²) in [5.74, 6) is 0.889. The average molecular weight is 337 g/mol. The second kappa shape index (κ2) is 7.26. The molecular formula is C21H27N3O. The first-order chi connectivity index (χ1) is 11.9. The number of nitrogens with zero attached hydrogens (tertiary/aromatic N) is 2. The Morgan fingerprint density at radius 2 is 1.68 bits per heavy atom. The van der Waals surface area contributed by atoms with Crippen LogP contribution < -0.4 is 10.2 Å². The molecule has 0 bridgehead atoms. The molecule has 0 spiro atoms. The van der Waals surface area contributed by atoms with Gasteiger partial charge in [0.05, 0.1) is 11.9 Å². The van der Waals surface area contributed by atoms with Crippen LogP contribution in [0.4, 0.5) is 11.5 Å². The van der Waals surface area contributed by atoms with Crippen LogP contribution in [0.15, 0.2) is 42.6 Å². The first kappa shape index (κ1) is 17.5. The quantitative estimate of drug-likeness (QED) is 0.889. The van der Waals surface area contributed by atoms with Gasteiger partial charge in [-0.05, 0) is 54.5 Å². The first-order valence-electron chi connectivity index (χ1n) is 9.06. The van der Waals surface area contributed by atoms with E-state index in [1.165, 1.54) is 24.8 Å². The number of amides is 1. The molecule has 1 N–H and O–H groups in total. The Kier molecular flexibility index (Phi) is 5.07. The highest BCUT2D eigenvalue weighted by Crippen LogP contribution is 2.23. The smallest absolute Gasteiger partial charge is 0.255 e. The molecule has 2 aromatic rings. The maximum absolute atomic E-state index is 12.4. The lowest BCUT2D eigenvalue weighted by Gasteiger charge is -2.27. The van der Waals surface area contributed by atoms with Crippen LogP contribution in [0, 0.1) is 0 Å². The summed E-state index contributed by atoms with van der Waals surface area (Å²) in [6.07, 6.45) is 5.50. The number of piperidine rings is 1. The molecule has 0 radical (unpaired) electrons. The molecule has 1 aliphatic heterocycles. The van der Waals surface area contributed by atoms with Gasteiger partial charge < -0.3 is 10.2 Å². The van der Waals surface area contributed by atoms with Gasteiger partial charge in [0, 0.05) is 18.7 Å². The Bertz CT molecular complexity index is 708. The van der Waals surface area contributed by atoms with Gasteiger partial charge in [-0.15, -0.1) is 0 Å². The van der Waals surface area contributed by atoms with Crippen LogP contribution in [0.3, 0.4) is 0 Å². The zero-order chi connectivity index (χ0) is 17.9. The van der Waals surface area contributed by atoms with Crippen molar-refractivity contribution in [1.82, 2.24) is 4.98 Å². The minimum absolute atomic E-state index is 0.0865. The summed E-state index contributed by atoms with van der Waals surface area (Å²) in [4.78, 5) is 19.2. The topological polar surface area (TPSA) is 45.2 Å². The van der Waals surface area contributed by atoms with Crippen molar-refractivity contribution in [3.8, 4) is 0 Å². The van der Waals surface area contributed by atoms with Gasteiger partial charge in [0.2, 0.25) is 0 Å². The number of nitrogens with one attached hydrogen (secondary N) is 1. The number of carbonyl (C=O) groups excluding carboxylic acids is 1. The minimum atomic E-state index is -0.104. The zero-order valence-electron chi connectivity index (χ0n) is 15.4. The summed E-state index contributed by atoms with van der Waals surface area (Å²) >= 11 is 0. The van der Waals surface area contributed by atoms with Crippen molar-refractivity contribution in [2.75, 3.05) is 23.3 Å². The molecule has 4 heteroatoms. The average Bonchev–Trinajstić information content (AvgIpc) is 2.62. The van der Waals surface area contributed by atoms with Crippen molar-refractivity contribution in [1.29, 1.82) is 0 Å². The Labute approximate surface area is 150 Å². The van der Waals surface area contributed by atoms with Gasteiger partial charge in [0.15, 0.2) is 0 Å². The second-order valence-corrected chi connectivity index (χ2v) is 7.73. The van der Waals surface area contributed by atoms with E-state index in [9.17, 15) is 4.79 Å². The van der Waals surface area contributed by atoms with Crippen LogP contribution in [0.5, 0.6) is 0 Å². The summed E-state index contributed by atoms with van der Waals surface area (Å²) in [6.45, 7) is 8.63. The van der Waals surface area contributed by atoms with E-state index in [1.54, 1.807) is 6.20 Å². The van der Waals surface area contributed by atoms with Gasteiger partial charge in [0.1, 0.15) is 5.82 Å². The molecule has 0 unspecified atom stereocenters. The molecule has 1 aromatic heterocycles. The molecule has 4 nitrogen and oxygen atoms in total. The van der Waals surface area contributed by atoms with Crippen LogP contribution in [0.2, 0.25) is 0 Å². The summed E-state index contributed by atoms with van der Waals surface area (Å²) in [7, 11) is 0. The summed E-state index contributed by atoms with van der Waals surface area (Å²) in [6, 6.07) is 11.7. The van der Waals surface area contributed by atoms with Gasteiger partial charge >= 0.3 is 0 Å². The fraction of sp³-hybridized carbons (Fsp3) is 0.429. The Hall–Kier alpha value is -2.36. The monoisotopic (exact) mass is 337 g/mol. The predicted molar refractivity (Wildman–Crippen MR) is 103 cm³/mol. The number of carbonyl (C=O) groups is 1. The molecular weight excluding hydrogens is 310 g/mol. The Morgan fingerprint density at radius 3 is 2.24 bits per heavy atom. The molecule has 2 heterocycles. The standard InChI is InChI=1S/C21H27N3O/c1-21(2,3)17-9-7-16(8-10-17)20(25)23-18-11-12-19(22-15-18)24-13-5-4-6-14-24/h7-12,15H,4-6,13-14H2,1-3H3,(H,23,25). The number of hydrogen-bond acceptors (Lipinski definition) is 3. The number of pyridine rings is 1. The first-order valence-corrected chi connectivity index (χ1v) is 9.06. The lowest BCUT2D eigenvalue weighted by Crippen LogP contribution is -2.30. The van der Waals surface area contributed by atoms with Gasteiger partial charge in [-0.2, -0.15) is 0 Å². The third-order valence-electron chi connectivity index (χ3n) is 4.70. The van der Waals surface area contributed by atoms with Gasteiger partial charge in [-0.3, -0.25) is 4.79 Å². The van der Waals surface area contributed by atoms with E-state index >= 15 is 0 Å². The van der Waals surface area contributed by atoms with E-state index in [1.807, 2.05) is 36.4 Å². The largest absolute Gasteiger partial charge is 0.357 e. The molecule has 1 aromatic carbocycles. The molecule has 1 fully saturated rings. The lowest BCUT2D eigenvalue weighted by molar-refractivity contribution is 0.102. The molecule has 132 valence electrons. The van der Waals surface area contributed by atoms with Crippen LogP contribution in [-0.4, -0.2) is 24.0 Å². The maximum atomic E-state index is 12.4. The fourth-order valence-electron chi connectivity index (χ4n) is 3.09. The number of hydrogen-bond donors (Lipinski definition) is 1. The Balaban J connectivity index is 1.64. The maximum Gasteiger partial charge on any atom is 0.255 e. The number of aromatic nitrogens is 1. The highest BCUT2D eigenvalue weighted by atomic mass is 16.1. The minimum Gasteiger partial charge on any atom is -0.357 e. The van der Waals surface area contributed by atoms with Crippen molar-refractivity contribution >= 4 is 17.4 Å². The zero-order valence-corrected chi connectivity index (χ0v) is 15.4. The third-order valence-corrected chi connectivity index (χ3v) is 4.70. The van der Waals surface area contributed by atoms with Crippen molar-refractivity contribution in [3.63, 3.8) is 0 Å². The molecule has 1 amide bonds. The van der Waals surface area contributed by atoms with Crippen molar-refractivity contribution < 1.29 is 4.79 Å². The number of rotatable bonds is 3. The number of anilines is 2. The van der Waals surface area contributed by atoms with E-state index in [4.69, 9.17) is 0 Å². The predicted octanol–water partition coefficient (Wildman–Crippen LogP) is 4.62. The molecule has 1 saturated heterocycles. The molecule has 0 aliphatic carbocycles. The van der Waals surface area contributed by atoms with E-state index in [-0.39, 0.29) is 11.3 Å². The lowest BCUT2D eigenvalue weighted by atomic mass is 9.87. The fourth-order valence-corrected chi connectivity index (χ4v) is 3.09. The summed E-state index contributed by atoms with van der Waals surface area (Å²) in [5, 5.41) is 2.93. The highest BCUT2D eigenvalue weighted by Gasteiger charge is 2.15. The molecule has 25 heavy (non-hydrogen) atoms. The third kappa shape index (κ3) is 4.38. The van der Waals surface area contributed by atoms with Gasteiger partial charge in [0.25, 0.3) is 5.91 Å². The van der Waals surface area contributed by atoms with E-state index < -0.39 is 0 Å². The molecule has 0 atom stereocenters. The molecule has 3 rings (SSSR count). The van der Waals surface area contributed by atoms with Crippen LogP contribution in [0.1, 0.15) is 56.0 Å². The van der Waals surface area contributed by atoms with Crippen molar-refractivity contribution in [2.24, 2.45) is 0 Å². The van der Waals surface area contributed by atoms with Crippen LogP contribution in [-0.2, 0) is 5.41 Å². The summed E-state index contributed by atoms with van der Waals surface area (Å²) in [5.41, 5.74) is 2.69. The van der Waals surface area contributed by atoms with E-state index in [0.29, 0.717) is 5.56 Å². The van der Waals surface area contributed by atoms with Gasteiger partial charge in [-0.25, -0.2) is 4.98 Å². The normalized spacial score (nSPS) is 15.1. The SMILES string of the molecule is CC(C)(C)c1ccc(C(=O)Nc2ccc(N3CCCCC3)nc2)cc1. The Morgan fingerprint density at radius 1 is 1.00 bits per heavy atom. The highest BCUT2D eigenvalue weighted by molar-refractivity contribution is 6.04. The van der Waals surface area contributed by atoms with E-state index in [0.717, 1.165) is 24.6 Å². The van der Waals surface area contributed by atoms with Gasteiger partial charge in [-0.1, -0.05) is 32.9 Å². The second-order valence-electron chi connectivity index (χ2n) is 7.73.